The van der Waals surface area contributed by atoms with Gasteiger partial charge in [0.05, 0.1) is 12.3 Å². The largest absolute Gasteiger partial charge is 0.341 e. The molecule has 1 aromatic heterocycles. The first-order valence-corrected chi connectivity index (χ1v) is 7.77. The fourth-order valence-electron chi connectivity index (χ4n) is 2.40. The van der Waals surface area contributed by atoms with Crippen LogP contribution in [0.3, 0.4) is 0 Å². The fraction of sp³-hybridized carbons (Fsp3) is 0.438. The van der Waals surface area contributed by atoms with Gasteiger partial charge in [-0.15, -0.1) is 0 Å². The van der Waals surface area contributed by atoms with Crippen molar-refractivity contribution in [3.8, 4) is 0 Å². The van der Waals surface area contributed by atoms with Gasteiger partial charge in [-0.25, -0.2) is 0 Å². The van der Waals surface area contributed by atoms with E-state index in [0.717, 1.165) is 11.4 Å². The molecule has 0 spiro atoms. The lowest BCUT2D eigenvalue weighted by Crippen LogP contribution is -2.49. The quantitative estimate of drug-likeness (QED) is 0.869. The molecule has 2 aromatic rings. The lowest BCUT2D eigenvalue weighted by Gasteiger charge is -2.37. The molecular weight excluding hydrogens is 302 g/mol. The predicted octanol–water partition coefficient (Wildman–Crippen LogP) is 3.01. The SMILES string of the molecule is CC(C)c1noc(C2CN(C(=O)Cc3ccccc3Cl)C2)n1. The molecule has 0 aliphatic carbocycles. The number of carbonyl (C=O) groups excluding carboxylic acids is 1. The molecule has 0 unspecified atom stereocenters. The highest BCUT2D eigenvalue weighted by atomic mass is 35.5. The van der Waals surface area contributed by atoms with Gasteiger partial charge in [0.2, 0.25) is 11.8 Å². The molecule has 116 valence electrons. The number of amides is 1. The van der Waals surface area contributed by atoms with Gasteiger partial charge in [-0.3, -0.25) is 4.79 Å². The lowest BCUT2D eigenvalue weighted by molar-refractivity contribution is -0.135. The van der Waals surface area contributed by atoms with E-state index in [4.69, 9.17) is 16.1 Å². The molecule has 0 N–H and O–H groups in total. The first-order valence-electron chi connectivity index (χ1n) is 7.39. The normalized spacial score (nSPS) is 15.2. The van der Waals surface area contributed by atoms with E-state index in [0.29, 0.717) is 30.4 Å². The van der Waals surface area contributed by atoms with E-state index in [1.165, 1.54) is 0 Å². The van der Waals surface area contributed by atoms with Crippen molar-refractivity contribution in [2.75, 3.05) is 13.1 Å². The molecule has 0 radical (unpaired) electrons. The van der Waals surface area contributed by atoms with Crippen molar-refractivity contribution in [2.24, 2.45) is 0 Å². The van der Waals surface area contributed by atoms with E-state index in [2.05, 4.69) is 10.1 Å². The van der Waals surface area contributed by atoms with Crippen LogP contribution in [0, 0.1) is 0 Å². The molecule has 0 saturated carbocycles. The van der Waals surface area contributed by atoms with Gasteiger partial charge in [-0.1, -0.05) is 48.8 Å². The number of nitrogens with zero attached hydrogens (tertiary/aromatic N) is 3. The topological polar surface area (TPSA) is 59.2 Å². The Morgan fingerprint density at radius 1 is 1.41 bits per heavy atom. The highest BCUT2D eigenvalue weighted by molar-refractivity contribution is 6.31. The van der Waals surface area contributed by atoms with Gasteiger partial charge in [-0.2, -0.15) is 4.98 Å². The van der Waals surface area contributed by atoms with Crippen LogP contribution in [0.4, 0.5) is 0 Å². The molecule has 22 heavy (non-hydrogen) atoms. The van der Waals surface area contributed by atoms with Gasteiger partial charge in [0.15, 0.2) is 5.82 Å². The van der Waals surface area contributed by atoms with E-state index in [-0.39, 0.29) is 17.7 Å². The Kier molecular flexibility index (Phi) is 4.16. The van der Waals surface area contributed by atoms with Crippen LogP contribution in [0.25, 0.3) is 0 Å². The smallest absolute Gasteiger partial charge is 0.233 e. The number of hydrogen-bond donors (Lipinski definition) is 0. The summed E-state index contributed by atoms with van der Waals surface area (Å²) < 4.78 is 5.28. The Bertz CT molecular complexity index is 678. The monoisotopic (exact) mass is 319 g/mol. The molecule has 2 heterocycles. The Morgan fingerprint density at radius 2 is 2.14 bits per heavy atom. The third-order valence-electron chi connectivity index (χ3n) is 3.86. The van der Waals surface area contributed by atoms with Gasteiger partial charge >= 0.3 is 0 Å². The van der Waals surface area contributed by atoms with E-state index >= 15 is 0 Å². The standard InChI is InChI=1S/C16H18ClN3O2/c1-10(2)15-18-16(22-19-15)12-8-20(9-12)14(21)7-11-5-3-4-6-13(11)17/h3-6,10,12H,7-9H2,1-2H3. The number of rotatable bonds is 4. The molecule has 6 heteroatoms. The van der Waals surface area contributed by atoms with E-state index in [1.807, 2.05) is 32.0 Å². The zero-order valence-electron chi connectivity index (χ0n) is 12.6. The first-order chi connectivity index (χ1) is 10.5. The highest BCUT2D eigenvalue weighted by Gasteiger charge is 2.35. The second-order valence-corrected chi connectivity index (χ2v) is 6.32. The molecule has 1 amide bonds. The van der Waals surface area contributed by atoms with Crippen molar-refractivity contribution in [1.82, 2.24) is 15.0 Å². The summed E-state index contributed by atoms with van der Waals surface area (Å²) >= 11 is 6.09. The molecule has 1 fully saturated rings. The van der Waals surface area contributed by atoms with Crippen LogP contribution in [0.2, 0.25) is 5.02 Å². The maximum absolute atomic E-state index is 12.2. The minimum Gasteiger partial charge on any atom is -0.341 e. The summed E-state index contributed by atoms with van der Waals surface area (Å²) in [5.41, 5.74) is 0.859. The van der Waals surface area contributed by atoms with Gasteiger partial charge in [0.25, 0.3) is 0 Å². The van der Waals surface area contributed by atoms with E-state index in [1.54, 1.807) is 11.0 Å². The van der Waals surface area contributed by atoms with Crippen molar-refractivity contribution in [2.45, 2.75) is 32.1 Å². The zero-order chi connectivity index (χ0) is 15.7. The van der Waals surface area contributed by atoms with E-state index in [9.17, 15) is 4.79 Å². The minimum absolute atomic E-state index is 0.0768. The third kappa shape index (κ3) is 2.99. The van der Waals surface area contributed by atoms with Crippen LogP contribution in [-0.2, 0) is 11.2 Å². The van der Waals surface area contributed by atoms with Crippen LogP contribution in [0.1, 0.15) is 43.0 Å². The van der Waals surface area contributed by atoms with Gasteiger partial charge in [0, 0.05) is 24.0 Å². The van der Waals surface area contributed by atoms with Crippen LogP contribution in [0.5, 0.6) is 0 Å². The summed E-state index contributed by atoms with van der Waals surface area (Å²) in [7, 11) is 0. The second-order valence-electron chi connectivity index (χ2n) is 5.91. The zero-order valence-corrected chi connectivity index (χ0v) is 13.4. The molecule has 1 saturated heterocycles. The van der Waals surface area contributed by atoms with Crippen molar-refractivity contribution in [1.29, 1.82) is 0 Å². The molecule has 3 rings (SSSR count). The molecule has 0 bridgehead atoms. The minimum atomic E-state index is 0.0768. The van der Waals surface area contributed by atoms with Crippen molar-refractivity contribution >= 4 is 17.5 Å². The molecule has 1 aromatic carbocycles. The average Bonchev–Trinajstić information content (AvgIpc) is 2.89. The summed E-state index contributed by atoms with van der Waals surface area (Å²) in [6, 6.07) is 7.43. The lowest BCUT2D eigenvalue weighted by atomic mass is 9.98. The number of carbonyl (C=O) groups is 1. The van der Waals surface area contributed by atoms with Gasteiger partial charge in [-0.05, 0) is 11.6 Å². The van der Waals surface area contributed by atoms with Crippen molar-refractivity contribution < 1.29 is 9.32 Å². The molecule has 1 aliphatic heterocycles. The molecule has 0 atom stereocenters. The number of aromatic nitrogens is 2. The summed E-state index contributed by atoms with van der Waals surface area (Å²) in [4.78, 5) is 18.4. The predicted molar refractivity (Wildman–Crippen MR) is 82.9 cm³/mol. The molecule has 5 nitrogen and oxygen atoms in total. The van der Waals surface area contributed by atoms with Crippen molar-refractivity contribution in [3.63, 3.8) is 0 Å². The Labute approximate surface area is 134 Å². The number of benzene rings is 1. The van der Waals surface area contributed by atoms with Gasteiger partial charge < -0.3 is 9.42 Å². The maximum atomic E-state index is 12.2. The fourth-order valence-corrected chi connectivity index (χ4v) is 2.61. The summed E-state index contributed by atoms with van der Waals surface area (Å²) in [6.07, 6.45) is 0.327. The summed E-state index contributed by atoms with van der Waals surface area (Å²) in [5, 5.41) is 4.59. The molecule has 1 aliphatic rings. The summed E-state index contributed by atoms with van der Waals surface area (Å²) in [6.45, 7) is 5.30. The second kappa shape index (κ2) is 6.08. The average molecular weight is 320 g/mol. The Hall–Kier alpha value is -1.88. The third-order valence-corrected chi connectivity index (χ3v) is 4.23. The number of halogens is 1. The van der Waals surface area contributed by atoms with Crippen molar-refractivity contribution in [3.05, 3.63) is 46.6 Å². The van der Waals surface area contributed by atoms with Gasteiger partial charge in [0.1, 0.15) is 0 Å². The first kappa shape index (κ1) is 15.0. The number of likely N-dealkylation sites (tertiary alicyclic amines) is 1. The molecular formula is C16H18ClN3O2. The number of hydrogen-bond acceptors (Lipinski definition) is 4. The van der Waals surface area contributed by atoms with Crippen LogP contribution >= 0.6 is 11.6 Å². The Balaban J connectivity index is 1.56. The summed E-state index contributed by atoms with van der Waals surface area (Å²) in [5.74, 6) is 1.82. The maximum Gasteiger partial charge on any atom is 0.233 e. The van der Waals surface area contributed by atoms with Crippen LogP contribution in [0.15, 0.2) is 28.8 Å². The Morgan fingerprint density at radius 3 is 2.77 bits per heavy atom. The van der Waals surface area contributed by atoms with E-state index < -0.39 is 0 Å². The van der Waals surface area contributed by atoms with Crippen LogP contribution < -0.4 is 0 Å². The van der Waals surface area contributed by atoms with Crippen LogP contribution in [-0.4, -0.2) is 34.0 Å². The highest BCUT2D eigenvalue weighted by Crippen LogP contribution is 2.28.